The second-order valence-corrected chi connectivity index (χ2v) is 5.34. The molecule has 1 aromatic rings. The molecule has 0 atom stereocenters. The number of aryl methyl sites for hydroxylation is 1. The number of rotatable bonds is 5. The lowest BCUT2D eigenvalue weighted by atomic mass is 9.90. The minimum atomic E-state index is -0.323. The molecule has 0 aliphatic carbocycles. The molecular formula is C12H18ClN3O2. The van der Waals surface area contributed by atoms with Crippen LogP contribution in [0.15, 0.2) is 6.20 Å². The third-order valence-electron chi connectivity index (χ3n) is 2.60. The van der Waals surface area contributed by atoms with E-state index in [1.54, 1.807) is 6.92 Å². The van der Waals surface area contributed by atoms with E-state index in [9.17, 15) is 4.79 Å². The summed E-state index contributed by atoms with van der Waals surface area (Å²) in [6.45, 7) is 6.18. The predicted octanol–water partition coefficient (Wildman–Crippen LogP) is 1.58. The molecule has 1 amide bonds. The van der Waals surface area contributed by atoms with Crippen molar-refractivity contribution >= 4 is 17.5 Å². The van der Waals surface area contributed by atoms with Gasteiger partial charge in [-0.05, 0) is 18.8 Å². The van der Waals surface area contributed by atoms with Crippen LogP contribution in [0, 0.1) is 12.3 Å². The molecule has 1 heterocycles. The van der Waals surface area contributed by atoms with E-state index in [1.165, 1.54) is 6.20 Å². The van der Waals surface area contributed by atoms with Gasteiger partial charge in [-0.25, -0.2) is 9.97 Å². The number of nitrogens with zero attached hydrogens (tertiary/aromatic N) is 2. The Kier molecular flexibility index (Phi) is 5.04. The fraction of sp³-hybridized carbons (Fsp3) is 0.583. The zero-order valence-electron chi connectivity index (χ0n) is 10.8. The van der Waals surface area contributed by atoms with Crippen LogP contribution in [0.5, 0.6) is 0 Å². The van der Waals surface area contributed by atoms with E-state index in [0.717, 1.165) is 0 Å². The van der Waals surface area contributed by atoms with Gasteiger partial charge in [-0.15, -0.1) is 0 Å². The first-order valence-electron chi connectivity index (χ1n) is 5.74. The molecule has 18 heavy (non-hydrogen) atoms. The maximum atomic E-state index is 11.9. The van der Waals surface area contributed by atoms with Gasteiger partial charge in [0.2, 0.25) is 0 Å². The van der Waals surface area contributed by atoms with Gasteiger partial charge in [-0.2, -0.15) is 0 Å². The van der Waals surface area contributed by atoms with Crippen LogP contribution in [0.2, 0.25) is 5.02 Å². The molecule has 2 N–H and O–H groups in total. The molecule has 1 rings (SSSR count). The van der Waals surface area contributed by atoms with Crippen LogP contribution in [0.1, 0.15) is 36.6 Å². The molecule has 5 nitrogen and oxygen atoms in total. The van der Waals surface area contributed by atoms with Gasteiger partial charge in [0.25, 0.3) is 5.91 Å². The Balaban J connectivity index is 2.69. The molecule has 0 aliphatic heterocycles. The summed E-state index contributed by atoms with van der Waals surface area (Å²) in [5, 5.41) is 11.9. The van der Waals surface area contributed by atoms with Gasteiger partial charge >= 0.3 is 0 Å². The summed E-state index contributed by atoms with van der Waals surface area (Å²) in [4.78, 5) is 19.8. The smallest absolute Gasteiger partial charge is 0.271 e. The van der Waals surface area contributed by atoms with Crippen molar-refractivity contribution < 1.29 is 9.90 Å². The Labute approximate surface area is 112 Å². The van der Waals surface area contributed by atoms with E-state index in [1.807, 2.05) is 13.8 Å². The summed E-state index contributed by atoms with van der Waals surface area (Å²) in [5.41, 5.74) is 0.0165. The molecule has 0 spiro atoms. The summed E-state index contributed by atoms with van der Waals surface area (Å²) in [7, 11) is 0. The average molecular weight is 272 g/mol. The maximum Gasteiger partial charge on any atom is 0.271 e. The highest BCUT2D eigenvalue weighted by molar-refractivity contribution is 6.33. The molecule has 0 radical (unpaired) electrons. The fourth-order valence-corrected chi connectivity index (χ4v) is 1.59. The molecule has 0 saturated heterocycles. The highest BCUT2D eigenvalue weighted by Gasteiger charge is 2.20. The number of aliphatic hydroxyl groups excluding tert-OH is 1. The lowest BCUT2D eigenvalue weighted by Crippen LogP contribution is -2.35. The van der Waals surface area contributed by atoms with E-state index in [2.05, 4.69) is 15.3 Å². The van der Waals surface area contributed by atoms with Crippen molar-refractivity contribution in [1.29, 1.82) is 0 Å². The van der Waals surface area contributed by atoms with E-state index < -0.39 is 0 Å². The second-order valence-electron chi connectivity index (χ2n) is 4.93. The SMILES string of the molecule is Cc1ncc(Cl)c(C(=O)NCC(C)(C)CCO)n1. The quantitative estimate of drug-likeness (QED) is 0.853. The van der Waals surface area contributed by atoms with Crippen molar-refractivity contribution in [3.8, 4) is 0 Å². The minimum absolute atomic E-state index is 0.0935. The Morgan fingerprint density at radius 3 is 2.83 bits per heavy atom. The Morgan fingerprint density at radius 1 is 1.56 bits per heavy atom. The number of carbonyl (C=O) groups excluding carboxylic acids is 1. The van der Waals surface area contributed by atoms with Crippen LogP contribution in [0.25, 0.3) is 0 Å². The largest absolute Gasteiger partial charge is 0.396 e. The van der Waals surface area contributed by atoms with Gasteiger partial charge in [0.1, 0.15) is 11.5 Å². The number of carbonyl (C=O) groups is 1. The zero-order valence-corrected chi connectivity index (χ0v) is 11.6. The topological polar surface area (TPSA) is 75.1 Å². The molecule has 100 valence electrons. The predicted molar refractivity (Wildman–Crippen MR) is 69.6 cm³/mol. The maximum absolute atomic E-state index is 11.9. The monoisotopic (exact) mass is 271 g/mol. The first kappa shape index (κ1) is 14.9. The summed E-state index contributed by atoms with van der Waals surface area (Å²) >= 11 is 5.88. The van der Waals surface area contributed by atoms with Gasteiger partial charge in [0, 0.05) is 13.2 Å². The van der Waals surface area contributed by atoms with Crippen molar-refractivity contribution in [2.24, 2.45) is 5.41 Å². The van der Waals surface area contributed by atoms with E-state index in [0.29, 0.717) is 18.8 Å². The van der Waals surface area contributed by atoms with Crippen molar-refractivity contribution in [3.63, 3.8) is 0 Å². The lowest BCUT2D eigenvalue weighted by Gasteiger charge is -2.23. The Morgan fingerprint density at radius 2 is 2.22 bits per heavy atom. The average Bonchev–Trinajstić information content (AvgIpc) is 2.29. The summed E-state index contributed by atoms with van der Waals surface area (Å²) in [6.07, 6.45) is 2.03. The van der Waals surface area contributed by atoms with Crippen molar-refractivity contribution in [2.45, 2.75) is 27.2 Å². The number of nitrogens with one attached hydrogen (secondary N) is 1. The standard InChI is InChI=1S/C12H18ClN3O2/c1-8-14-6-9(13)10(16-8)11(18)15-7-12(2,3)4-5-17/h6,17H,4-5,7H2,1-3H3,(H,15,18). The number of amides is 1. The van der Waals surface area contributed by atoms with Gasteiger partial charge in [0.05, 0.1) is 11.2 Å². The zero-order chi connectivity index (χ0) is 13.8. The molecule has 0 aromatic carbocycles. The van der Waals surface area contributed by atoms with Crippen molar-refractivity contribution in [1.82, 2.24) is 15.3 Å². The van der Waals surface area contributed by atoms with E-state index in [-0.39, 0.29) is 28.6 Å². The van der Waals surface area contributed by atoms with Crippen molar-refractivity contribution in [3.05, 3.63) is 22.7 Å². The Bertz CT molecular complexity index is 435. The molecule has 1 aromatic heterocycles. The van der Waals surface area contributed by atoms with Crippen LogP contribution in [-0.4, -0.2) is 34.1 Å². The van der Waals surface area contributed by atoms with Gasteiger partial charge in [0.15, 0.2) is 0 Å². The van der Waals surface area contributed by atoms with Crippen LogP contribution < -0.4 is 5.32 Å². The number of hydrogen-bond donors (Lipinski definition) is 2. The highest BCUT2D eigenvalue weighted by Crippen LogP contribution is 2.18. The van der Waals surface area contributed by atoms with Gasteiger partial charge < -0.3 is 10.4 Å². The van der Waals surface area contributed by atoms with Crippen LogP contribution in [0.3, 0.4) is 0 Å². The molecule has 0 aliphatic rings. The number of halogens is 1. The summed E-state index contributed by atoms with van der Waals surface area (Å²) < 4.78 is 0. The van der Waals surface area contributed by atoms with E-state index in [4.69, 9.17) is 16.7 Å². The molecule has 6 heteroatoms. The summed E-state index contributed by atoms with van der Waals surface area (Å²) in [5.74, 6) is 0.177. The normalized spacial score (nSPS) is 11.4. The molecule has 0 fully saturated rings. The molecular weight excluding hydrogens is 254 g/mol. The third-order valence-corrected chi connectivity index (χ3v) is 2.87. The van der Waals surface area contributed by atoms with Crippen LogP contribution in [0.4, 0.5) is 0 Å². The lowest BCUT2D eigenvalue weighted by molar-refractivity contribution is 0.0923. The first-order valence-corrected chi connectivity index (χ1v) is 6.12. The highest BCUT2D eigenvalue weighted by atomic mass is 35.5. The third kappa shape index (κ3) is 4.23. The fourth-order valence-electron chi connectivity index (χ4n) is 1.41. The van der Waals surface area contributed by atoms with Gasteiger partial charge in [-0.1, -0.05) is 25.4 Å². The van der Waals surface area contributed by atoms with Crippen LogP contribution >= 0.6 is 11.6 Å². The van der Waals surface area contributed by atoms with Gasteiger partial charge in [-0.3, -0.25) is 4.79 Å². The number of hydrogen-bond acceptors (Lipinski definition) is 4. The molecule has 0 saturated carbocycles. The first-order chi connectivity index (χ1) is 8.35. The summed E-state index contributed by atoms with van der Waals surface area (Å²) in [6, 6.07) is 0. The minimum Gasteiger partial charge on any atom is -0.396 e. The number of aromatic nitrogens is 2. The number of aliphatic hydroxyl groups is 1. The molecule has 0 unspecified atom stereocenters. The second kappa shape index (κ2) is 6.11. The van der Waals surface area contributed by atoms with Crippen LogP contribution in [-0.2, 0) is 0 Å². The van der Waals surface area contributed by atoms with E-state index >= 15 is 0 Å². The van der Waals surface area contributed by atoms with Crippen molar-refractivity contribution in [2.75, 3.05) is 13.2 Å². The Hall–Kier alpha value is -1.20. The molecule has 0 bridgehead atoms.